The van der Waals surface area contributed by atoms with E-state index in [4.69, 9.17) is 9.84 Å². The SMILES string of the molecule is C=CC(=C(C)C(=O)O)C1c2ccc(N(C)CCS(=O)(=O)CCO)cc2Oc2cc(N(CC)c3cccc(S(=O)(=O)CCO)c3)ccc21. The van der Waals surface area contributed by atoms with Crippen molar-refractivity contribution in [2.45, 2.75) is 24.7 Å². The third-order valence-electron chi connectivity index (χ3n) is 8.18. The smallest absolute Gasteiger partial charge is 0.331 e. The summed E-state index contributed by atoms with van der Waals surface area (Å²) in [6.45, 7) is 7.09. The maximum absolute atomic E-state index is 12.7. The molecule has 3 aromatic carbocycles. The number of hydrogen-bond acceptors (Lipinski definition) is 10. The number of aliphatic carboxylic acids is 1. The minimum absolute atomic E-state index is 0.0939. The normalized spacial score (nSPS) is 14.7. The minimum atomic E-state index is -3.68. The third kappa shape index (κ3) is 7.87. The lowest BCUT2D eigenvalue weighted by atomic mass is 9.80. The third-order valence-corrected chi connectivity index (χ3v) is 11.5. The standard InChI is InChI=1S/C34H40N2O9S2/c1-5-28(23(3)34(39)40)33-29-12-10-24(35(4)14-17-46(41,42)18-15-37)21-31(29)45-32-22-26(11-13-30(32)33)36(6-2)25-8-7-9-27(20-25)47(43,44)19-16-38/h5,7-13,20-22,33,37-38H,1,6,14-19H2,2-4H3,(H,39,40). The van der Waals surface area contributed by atoms with Gasteiger partial charge in [0.1, 0.15) is 11.5 Å². The Hall–Kier alpha value is -4.17. The molecule has 0 fully saturated rings. The Balaban J connectivity index is 1.80. The molecule has 0 aliphatic carbocycles. The summed E-state index contributed by atoms with van der Waals surface area (Å²) in [6.07, 6.45) is 1.53. The fourth-order valence-corrected chi connectivity index (χ4v) is 7.68. The molecule has 0 saturated carbocycles. The molecular formula is C34H40N2O9S2. The summed E-state index contributed by atoms with van der Waals surface area (Å²) in [4.78, 5) is 15.9. The van der Waals surface area contributed by atoms with E-state index in [9.17, 15) is 31.8 Å². The number of ether oxygens (including phenoxy) is 1. The predicted octanol–water partition coefficient (Wildman–Crippen LogP) is 4.28. The maximum Gasteiger partial charge on any atom is 0.331 e. The lowest BCUT2D eigenvalue weighted by molar-refractivity contribution is -0.132. The number of hydrogen-bond donors (Lipinski definition) is 3. The zero-order valence-corrected chi connectivity index (χ0v) is 28.2. The number of carboxylic acids is 1. The Morgan fingerprint density at radius 2 is 1.49 bits per heavy atom. The van der Waals surface area contributed by atoms with E-state index in [1.54, 1.807) is 36.2 Å². The lowest BCUT2D eigenvalue weighted by Gasteiger charge is -2.32. The van der Waals surface area contributed by atoms with E-state index in [2.05, 4.69) is 6.58 Å². The Morgan fingerprint density at radius 3 is 2.06 bits per heavy atom. The number of aliphatic hydroxyl groups is 2. The van der Waals surface area contributed by atoms with E-state index in [1.807, 2.05) is 42.2 Å². The van der Waals surface area contributed by atoms with E-state index in [0.717, 1.165) is 0 Å². The van der Waals surface area contributed by atoms with Gasteiger partial charge in [0.05, 0.1) is 35.4 Å². The van der Waals surface area contributed by atoms with Crippen molar-refractivity contribution in [2.75, 3.05) is 60.4 Å². The molecule has 3 N–H and O–H groups in total. The maximum atomic E-state index is 12.7. The van der Waals surface area contributed by atoms with Crippen LogP contribution in [0.5, 0.6) is 11.5 Å². The first-order valence-corrected chi connectivity index (χ1v) is 18.5. The molecule has 4 rings (SSSR count). The molecule has 13 heteroatoms. The van der Waals surface area contributed by atoms with Crippen LogP contribution >= 0.6 is 0 Å². The molecule has 11 nitrogen and oxygen atoms in total. The monoisotopic (exact) mass is 684 g/mol. The van der Waals surface area contributed by atoms with Gasteiger partial charge in [0.25, 0.3) is 0 Å². The molecular weight excluding hydrogens is 645 g/mol. The van der Waals surface area contributed by atoms with Crippen LogP contribution in [0.1, 0.15) is 30.9 Å². The summed E-state index contributed by atoms with van der Waals surface area (Å²) in [5, 5.41) is 28.2. The first kappa shape index (κ1) is 35.7. The Kier molecular flexibility index (Phi) is 11.2. The summed E-state index contributed by atoms with van der Waals surface area (Å²) in [5.41, 5.74) is 4.03. The van der Waals surface area contributed by atoms with Crippen molar-refractivity contribution >= 4 is 42.7 Å². The van der Waals surface area contributed by atoms with E-state index < -0.39 is 44.8 Å². The molecule has 3 aromatic rings. The lowest BCUT2D eigenvalue weighted by Crippen LogP contribution is -2.27. The fraction of sp³-hybridized carbons (Fsp3) is 0.324. The summed E-state index contributed by atoms with van der Waals surface area (Å²) in [5.74, 6) is -1.55. The quantitative estimate of drug-likeness (QED) is 0.155. The molecule has 252 valence electrons. The first-order chi connectivity index (χ1) is 22.3. The molecule has 47 heavy (non-hydrogen) atoms. The average molecular weight is 685 g/mol. The van der Waals surface area contributed by atoms with Crippen LogP contribution < -0.4 is 14.5 Å². The molecule has 1 atom stereocenters. The molecule has 0 bridgehead atoms. The van der Waals surface area contributed by atoms with Crippen LogP contribution in [-0.4, -0.2) is 88.7 Å². The van der Waals surface area contributed by atoms with Gasteiger partial charge in [0, 0.05) is 71.9 Å². The van der Waals surface area contributed by atoms with Gasteiger partial charge >= 0.3 is 5.97 Å². The Morgan fingerprint density at radius 1 is 0.894 bits per heavy atom. The zero-order valence-electron chi connectivity index (χ0n) is 26.6. The number of benzene rings is 3. The summed E-state index contributed by atoms with van der Waals surface area (Å²) in [7, 11) is -5.36. The second kappa shape index (κ2) is 14.7. The van der Waals surface area contributed by atoms with E-state index >= 15 is 0 Å². The van der Waals surface area contributed by atoms with Crippen molar-refractivity contribution in [3.8, 4) is 11.5 Å². The second-order valence-corrected chi connectivity index (χ2v) is 15.6. The molecule has 1 aliphatic heterocycles. The summed E-state index contributed by atoms with van der Waals surface area (Å²) >= 11 is 0. The topological polar surface area (TPSA) is 162 Å². The van der Waals surface area contributed by atoms with Crippen LogP contribution in [0, 0.1) is 0 Å². The number of carboxylic acid groups (broad SMARTS) is 1. The number of carbonyl (C=O) groups is 1. The molecule has 1 aliphatic rings. The van der Waals surface area contributed by atoms with Gasteiger partial charge in [0.2, 0.25) is 0 Å². The number of sulfone groups is 2. The molecule has 0 radical (unpaired) electrons. The minimum Gasteiger partial charge on any atom is -0.478 e. The number of aliphatic hydroxyl groups excluding tert-OH is 2. The predicted molar refractivity (Wildman–Crippen MR) is 183 cm³/mol. The number of anilines is 3. The zero-order chi connectivity index (χ0) is 34.5. The van der Waals surface area contributed by atoms with Crippen molar-refractivity contribution in [3.05, 3.63) is 95.6 Å². The van der Waals surface area contributed by atoms with Gasteiger partial charge in [-0.2, -0.15) is 0 Å². The van der Waals surface area contributed by atoms with Gasteiger partial charge in [-0.15, -0.1) is 0 Å². The number of nitrogens with zero attached hydrogens (tertiary/aromatic N) is 2. The average Bonchev–Trinajstić information content (AvgIpc) is 3.03. The highest BCUT2D eigenvalue weighted by Crippen LogP contribution is 2.50. The molecule has 0 aromatic heterocycles. The van der Waals surface area contributed by atoms with E-state index in [0.29, 0.717) is 51.8 Å². The van der Waals surface area contributed by atoms with Crippen LogP contribution in [0.4, 0.5) is 17.1 Å². The molecule has 0 amide bonds. The summed E-state index contributed by atoms with van der Waals surface area (Å²) in [6, 6.07) is 17.5. The Labute approximate surface area is 275 Å². The van der Waals surface area contributed by atoms with Crippen LogP contribution in [0.2, 0.25) is 0 Å². The molecule has 0 saturated heterocycles. The van der Waals surface area contributed by atoms with Crippen molar-refractivity contribution in [1.82, 2.24) is 0 Å². The van der Waals surface area contributed by atoms with Crippen LogP contribution in [0.15, 0.2) is 89.4 Å². The largest absolute Gasteiger partial charge is 0.478 e. The van der Waals surface area contributed by atoms with Gasteiger partial charge in [-0.25, -0.2) is 21.6 Å². The van der Waals surface area contributed by atoms with Crippen LogP contribution in [0.3, 0.4) is 0 Å². The molecule has 1 heterocycles. The molecule has 1 unspecified atom stereocenters. The van der Waals surface area contributed by atoms with Crippen LogP contribution in [-0.2, 0) is 24.5 Å². The fourth-order valence-electron chi connectivity index (χ4n) is 5.58. The van der Waals surface area contributed by atoms with Gasteiger partial charge in [0.15, 0.2) is 19.7 Å². The highest BCUT2D eigenvalue weighted by molar-refractivity contribution is 7.91. The van der Waals surface area contributed by atoms with Gasteiger partial charge in [-0.05, 0) is 49.8 Å². The van der Waals surface area contributed by atoms with Crippen LogP contribution in [0.25, 0.3) is 0 Å². The van der Waals surface area contributed by atoms with Crippen molar-refractivity contribution in [3.63, 3.8) is 0 Å². The summed E-state index contributed by atoms with van der Waals surface area (Å²) < 4.78 is 56.2. The first-order valence-electron chi connectivity index (χ1n) is 15.0. The number of fused-ring (bicyclic) bond motifs is 2. The number of allylic oxidation sites excluding steroid dienone is 2. The highest BCUT2D eigenvalue weighted by atomic mass is 32.2. The highest BCUT2D eigenvalue weighted by Gasteiger charge is 2.32. The van der Waals surface area contributed by atoms with Crippen molar-refractivity contribution in [1.29, 1.82) is 0 Å². The van der Waals surface area contributed by atoms with E-state index in [1.165, 1.54) is 19.1 Å². The molecule has 0 spiro atoms. The van der Waals surface area contributed by atoms with Gasteiger partial charge < -0.3 is 29.9 Å². The van der Waals surface area contributed by atoms with Gasteiger partial charge in [-0.1, -0.05) is 30.9 Å². The second-order valence-electron chi connectivity index (χ2n) is 11.2. The van der Waals surface area contributed by atoms with Crippen molar-refractivity contribution in [2.24, 2.45) is 0 Å². The Bertz CT molecular complexity index is 1900. The number of rotatable bonds is 15. The van der Waals surface area contributed by atoms with E-state index in [-0.39, 0.29) is 34.3 Å². The van der Waals surface area contributed by atoms with Crippen molar-refractivity contribution < 1.29 is 41.7 Å². The van der Waals surface area contributed by atoms with Gasteiger partial charge in [-0.3, -0.25) is 0 Å².